The summed E-state index contributed by atoms with van der Waals surface area (Å²) >= 11 is 1.59. The van der Waals surface area contributed by atoms with Crippen molar-refractivity contribution in [3.8, 4) is 10.7 Å². The fourth-order valence-electron chi connectivity index (χ4n) is 1.89. The third kappa shape index (κ3) is 3.42. The van der Waals surface area contributed by atoms with E-state index < -0.39 is 12.0 Å². The van der Waals surface area contributed by atoms with Crippen molar-refractivity contribution < 1.29 is 9.90 Å². The Bertz CT molecular complexity index is 534. The topological polar surface area (TPSA) is 67.2 Å². The van der Waals surface area contributed by atoms with Gasteiger partial charge in [-0.1, -0.05) is 19.9 Å². The van der Waals surface area contributed by atoms with Gasteiger partial charge in [-0.2, -0.15) is 0 Å². The van der Waals surface area contributed by atoms with E-state index in [4.69, 9.17) is 0 Å². The highest BCUT2D eigenvalue weighted by atomic mass is 32.1. The van der Waals surface area contributed by atoms with Crippen molar-refractivity contribution in [1.82, 2.24) is 14.9 Å². The number of carboxylic acids is 1. The van der Waals surface area contributed by atoms with Crippen molar-refractivity contribution in [3.05, 3.63) is 29.9 Å². The highest BCUT2D eigenvalue weighted by Crippen LogP contribution is 2.23. The first-order chi connectivity index (χ1) is 9.08. The molecule has 0 fully saturated rings. The van der Waals surface area contributed by atoms with Crippen LogP contribution >= 0.6 is 11.3 Å². The maximum absolute atomic E-state index is 11.3. The normalized spacial score (nSPS) is 12.8. The number of carbonyl (C=O) groups is 1. The first-order valence-electron chi connectivity index (χ1n) is 6.12. The van der Waals surface area contributed by atoms with E-state index in [1.807, 2.05) is 42.1 Å². The molecule has 0 saturated carbocycles. The van der Waals surface area contributed by atoms with E-state index in [2.05, 4.69) is 10.3 Å². The highest BCUT2D eigenvalue weighted by molar-refractivity contribution is 7.13. The number of thiophene rings is 1. The summed E-state index contributed by atoms with van der Waals surface area (Å²) in [6.45, 7) is 4.23. The molecule has 0 radical (unpaired) electrons. The van der Waals surface area contributed by atoms with Gasteiger partial charge in [0.25, 0.3) is 0 Å². The number of hydrogen-bond donors (Lipinski definition) is 2. The number of carboxylic acid groups (broad SMARTS) is 1. The second kappa shape index (κ2) is 5.99. The second-order valence-electron chi connectivity index (χ2n) is 4.59. The zero-order valence-corrected chi connectivity index (χ0v) is 11.7. The Labute approximate surface area is 115 Å². The summed E-state index contributed by atoms with van der Waals surface area (Å²) in [6, 6.07) is 3.44. The van der Waals surface area contributed by atoms with E-state index in [0.29, 0.717) is 6.54 Å². The molecule has 0 aromatic carbocycles. The number of nitrogens with zero attached hydrogens (tertiary/aromatic N) is 2. The minimum atomic E-state index is -0.848. The summed E-state index contributed by atoms with van der Waals surface area (Å²) in [5, 5.41) is 14.3. The minimum Gasteiger partial charge on any atom is -0.480 e. The Balaban J connectivity index is 2.18. The maximum atomic E-state index is 11.3. The number of nitrogens with one attached hydrogen (secondary N) is 1. The van der Waals surface area contributed by atoms with Crippen LogP contribution < -0.4 is 5.32 Å². The van der Waals surface area contributed by atoms with Crippen molar-refractivity contribution in [2.75, 3.05) is 0 Å². The molecule has 102 valence electrons. The van der Waals surface area contributed by atoms with Crippen molar-refractivity contribution >= 4 is 17.3 Å². The summed E-state index contributed by atoms with van der Waals surface area (Å²) in [4.78, 5) is 16.6. The quantitative estimate of drug-likeness (QED) is 0.849. The van der Waals surface area contributed by atoms with Gasteiger partial charge in [-0.25, -0.2) is 4.98 Å². The van der Waals surface area contributed by atoms with Crippen LogP contribution in [0.1, 0.15) is 13.8 Å². The molecule has 0 bridgehead atoms. The van der Waals surface area contributed by atoms with Crippen molar-refractivity contribution in [3.63, 3.8) is 0 Å². The Morgan fingerprint density at radius 2 is 2.37 bits per heavy atom. The minimum absolute atomic E-state index is 0.120. The molecular formula is C13H17N3O2S. The molecule has 2 rings (SSSR count). The standard InChI is InChI=1S/C13H17N3O2S/c1-9(2)15-10(13(17)18)8-16-6-5-14-12(16)11-4-3-7-19-11/h3-7,9-10,15H,8H2,1-2H3,(H,17,18). The summed E-state index contributed by atoms with van der Waals surface area (Å²) in [5.41, 5.74) is 0. The summed E-state index contributed by atoms with van der Waals surface area (Å²) in [7, 11) is 0. The van der Waals surface area contributed by atoms with Crippen LogP contribution in [0.2, 0.25) is 0 Å². The Kier molecular flexibility index (Phi) is 4.34. The molecule has 0 aliphatic heterocycles. The lowest BCUT2D eigenvalue weighted by Gasteiger charge is -2.18. The van der Waals surface area contributed by atoms with Crippen LogP contribution in [0.15, 0.2) is 29.9 Å². The van der Waals surface area contributed by atoms with E-state index in [0.717, 1.165) is 10.7 Å². The largest absolute Gasteiger partial charge is 0.480 e. The lowest BCUT2D eigenvalue weighted by Crippen LogP contribution is -2.43. The molecular weight excluding hydrogens is 262 g/mol. The maximum Gasteiger partial charge on any atom is 0.322 e. The average molecular weight is 279 g/mol. The molecule has 5 nitrogen and oxygen atoms in total. The molecule has 0 aliphatic rings. The number of aromatic nitrogens is 2. The zero-order valence-electron chi connectivity index (χ0n) is 10.9. The van der Waals surface area contributed by atoms with Crippen LogP contribution in [-0.4, -0.2) is 32.7 Å². The fourth-order valence-corrected chi connectivity index (χ4v) is 2.62. The smallest absolute Gasteiger partial charge is 0.322 e. The Morgan fingerprint density at radius 1 is 1.58 bits per heavy atom. The number of rotatable bonds is 6. The van der Waals surface area contributed by atoms with Crippen LogP contribution in [0.25, 0.3) is 10.7 Å². The SMILES string of the molecule is CC(C)NC(Cn1ccnc1-c1cccs1)C(=O)O. The molecule has 1 unspecified atom stereocenters. The van der Waals surface area contributed by atoms with E-state index in [1.54, 1.807) is 17.5 Å². The summed E-state index contributed by atoms with van der Waals surface area (Å²) in [6.07, 6.45) is 3.51. The summed E-state index contributed by atoms with van der Waals surface area (Å²) < 4.78 is 1.88. The Morgan fingerprint density at radius 3 is 2.95 bits per heavy atom. The van der Waals surface area contributed by atoms with Gasteiger partial charge in [-0.15, -0.1) is 11.3 Å². The zero-order chi connectivity index (χ0) is 13.8. The first-order valence-corrected chi connectivity index (χ1v) is 6.99. The molecule has 0 aliphatic carbocycles. The predicted molar refractivity (Wildman–Crippen MR) is 75.2 cm³/mol. The molecule has 19 heavy (non-hydrogen) atoms. The molecule has 2 aromatic rings. The molecule has 2 aromatic heterocycles. The molecule has 0 saturated heterocycles. The van der Waals surface area contributed by atoms with Gasteiger partial charge in [0, 0.05) is 18.4 Å². The monoisotopic (exact) mass is 279 g/mol. The molecule has 2 heterocycles. The number of imidazole rings is 1. The van der Waals surface area contributed by atoms with Crippen LogP contribution in [0, 0.1) is 0 Å². The lowest BCUT2D eigenvalue weighted by molar-refractivity contribution is -0.140. The third-order valence-electron chi connectivity index (χ3n) is 2.67. The van der Waals surface area contributed by atoms with Gasteiger partial charge in [-0.05, 0) is 11.4 Å². The predicted octanol–water partition coefficient (Wildman–Crippen LogP) is 2.06. The Hall–Kier alpha value is -1.66. The number of hydrogen-bond acceptors (Lipinski definition) is 4. The molecule has 2 N–H and O–H groups in total. The second-order valence-corrected chi connectivity index (χ2v) is 5.54. The van der Waals surface area contributed by atoms with Crippen LogP contribution in [0.4, 0.5) is 0 Å². The molecule has 1 atom stereocenters. The van der Waals surface area contributed by atoms with Crippen molar-refractivity contribution in [2.45, 2.75) is 32.5 Å². The first kappa shape index (κ1) is 13.8. The number of aliphatic carboxylic acids is 1. The lowest BCUT2D eigenvalue weighted by atomic mass is 10.2. The van der Waals surface area contributed by atoms with E-state index >= 15 is 0 Å². The van der Waals surface area contributed by atoms with Crippen LogP contribution in [0.5, 0.6) is 0 Å². The van der Waals surface area contributed by atoms with Gasteiger partial charge in [0.2, 0.25) is 0 Å². The van der Waals surface area contributed by atoms with E-state index in [-0.39, 0.29) is 6.04 Å². The molecule has 0 amide bonds. The van der Waals surface area contributed by atoms with Crippen LogP contribution in [-0.2, 0) is 11.3 Å². The van der Waals surface area contributed by atoms with Gasteiger partial charge in [0.15, 0.2) is 0 Å². The third-order valence-corrected chi connectivity index (χ3v) is 3.53. The van der Waals surface area contributed by atoms with Gasteiger partial charge in [-0.3, -0.25) is 4.79 Å². The van der Waals surface area contributed by atoms with Gasteiger partial charge in [0.05, 0.1) is 11.4 Å². The fraction of sp³-hybridized carbons (Fsp3) is 0.385. The molecule has 0 spiro atoms. The van der Waals surface area contributed by atoms with E-state index in [9.17, 15) is 9.90 Å². The van der Waals surface area contributed by atoms with Crippen LogP contribution in [0.3, 0.4) is 0 Å². The van der Waals surface area contributed by atoms with Crippen molar-refractivity contribution in [1.29, 1.82) is 0 Å². The van der Waals surface area contributed by atoms with Gasteiger partial charge in [0.1, 0.15) is 11.9 Å². The van der Waals surface area contributed by atoms with Gasteiger partial charge < -0.3 is 15.0 Å². The molecule has 6 heteroatoms. The van der Waals surface area contributed by atoms with Crippen molar-refractivity contribution in [2.24, 2.45) is 0 Å². The van der Waals surface area contributed by atoms with E-state index in [1.165, 1.54) is 0 Å². The highest BCUT2D eigenvalue weighted by Gasteiger charge is 2.20. The van der Waals surface area contributed by atoms with Gasteiger partial charge >= 0.3 is 5.97 Å². The summed E-state index contributed by atoms with van der Waals surface area (Å²) in [5.74, 6) is -0.0358. The average Bonchev–Trinajstić information content (AvgIpc) is 2.96.